The standard InChI is InChI=1S/C11H14N4O3/c1-5-11(3,4)18-10-8(15(16)17)9(12-6-2)13-7-14-10/h1,7H,6H2,2-4H3,(H,12,13,14). The number of nitrogens with zero attached hydrogens (tertiary/aromatic N) is 3. The van der Waals surface area contributed by atoms with Gasteiger partial charge < -0.3 is 10.1 Å². The van der Waals surface area contributed by atoms with Gasteiger partial charge in [-0.3, -0.25) is 10.1 Å². The molecule has 0 aliphatic carbocycles. The van der Waals surface area contributed by atoms with Crippen LogP contribution in [0.25, 0.3) is 0 Å². The molecule has 96 valence electrons. The zero-order valence-electron chi connectivity index (χ0n) is 10.4. The molecular weight excluding hydrogens is 236 g/mol. The summed E-state index contributed by atoms with van der Waals surface area (Å²) in [6, 6.07) is 0. The minimum atomic E-state index is -0.984. The van der Waals surface area contributed by atoms with Gasteiger partial charge >= 0.3 is 11.6 Å². The minimum Gasteiger partial charge on any atom is -0.453 e. The summed E-state index contributed by atoms with van der Waals surface area (Å²) in [6.45, 7) is 5.53. The van der Waals surface area contributed by atoms with Crippen LogP contribution in [0.2, 0.25) is 0 Å². The maximum absolute atomic E-state index is 11.0. The maximum atomic E-state index is 11.0. The van der Waals surface area contributed by atoms with E-state index in [1.165, 1.54) is 6.33 Å². The maximum Gasteiger partial charge on any atom is 0.372 e. The van der Waals surface area contributed by atoms with Crippen LogP contribution >= 0.6 is 0 Å². The zero-order chi connectivity index (χ0) is 13.8. The number of nitro groups is 1. The van der Waals surface area contributed by atoms with Gasteiger partial charge in [-0.2, -0.15) is 4.98 Å². The Labute approximate surface area is 105 Å². The lowest BCUT2D eigenvalue weighted by Crippen LogP contribution is -2.26. The molecule has 1 aromatic heterocycles. The number of hydrogen-bond acceptors (Lipinski definition) is 6. The zero-order valence-corrected chi connectivity index (χ0v) is 10.4. The van der Waals surface area contributed by atoms with Crippen molar-refractivity contribution < 1.29 is 9.66 Å². The molecule has 0 amide bonds. The first-order valence-corrected chi connectivity index (χ1v) is 5.31. The molecule has 18 heavy (non-hydrogen) atoms. The van der Waals surface area contributed by atoms with Crippen LogP contribution in [0.5, 0.6) is 5.88 Å². The monoisotopic (exact) mass is 250 g/mol. The normalized spacial score (nSPS) is 10.6. The molecule has 0 radical (unpaired) electrons. The van der Waals surface area contributed by atoms with Crippen LogP contribution in [0, 0.1) is 22.5 Å². The van der Waals surface area contributed by atoms with Crippen LogP contribution in [-0.4, -0.2) is 27.0 Å². The summed E-state index contributed by atoms with van der Waals surface area (Å²) in [6.07, 6.45) is 6.46. The molecule has 0 spiro atoms. The van der Waals surface area contributed by atoms with E-state index in [1.807, 2.05) is 0 Å². The lowest BCUT2D eigenvalue weighted by Gasteiger charge is -2.19. The molecule has 0 aliphatic heterocycles. The van der Waals surface area contributed by atoms with Crippen molar-refractivity contribution in [1.29, 1.82) is 0 Å². The van der Waals surface area contributed by atoms with Gasteiger partial charge in [0.05, 0.1) is 4.92 Å². The van der Waals surface area contributed by atoms with Gasteiger partial charge in [-0.15, -0.1) is 6.42 Å². The molecule has 0 atom stereocenters. The molecule has 0 bridgehead atoms. The van der Waals surface area contributed by atoms with Crippen LogP contribution in [-0.2, 0) is 0 Å². The number of terminal acetylenes is 1. The van der Waals surface area contributed by atoms with Crippen LogP contribution in [0.3, 0.4) is 0 Å². The van der Waals surface area contributed by atoms with Crippen LogP contribution in [0.4, 0.5) is 11.5 Å². The van der Waals surface area contributed by atoms with Crippen LogP contribution in [0.15, 0.2) is 6.33 Å². The highest BCUT2D eigenvalue weighted by molar-refractivity contribution is 5.61. The summed E-state index contributed by atoms with van der Waals surface area (Å²) in [5.74, 6) is 2.35. The molecule has 0 aliphatic rings. The first-order valence-electron chi connectivity index (χ1n) is 5.31. The number of anilines is 1. The Morgan fingerprint density at radius 2 is 2.28 bits per heavy atom. The van der Waals surface area contributed by atoms with E-state index < -0.39 is 10.5 Å². The summed E-state index contributed by atoms with van der Waals surface area (Å²) >= 11 is 0. The molecule has 1 aromatic rings. The topological polar surface area (TPSA) is 90.2 Å². The van der Waals surface area contributed by atoms with E-state index in [2.05, 4.69) is 21.2 Å². The molecule has 0 fully saturated rings. The third-order valence-corrected chi connectivity index (χ3v) is 2.01. The quantitative estimate of drug-likeness (QED) is 0.485. The van der Waals surface area contributed by atoms with Gasteiger partial charge in [0.2, 0.25) is 5.82 Å². The second-order valence-electron chi connectivity index (χ2n) is 3.92. The fourth-order valence-corrected chi connectivity index (χ4v) is 1.17. The van der Waals surface area contributed by atoms with Crippen molar-refractivity contribution in [3.05, 3.63) is 16.4 Å². The Balaban J connectivity index is 3.24. The molecule has 1 rings (SSSR count). The molecule has 1 N–H and O–H groups in total. The van der Waals surface area contributed by atoms with Crippen molar-refractivity contribution >= 4 is 11.5 Å². The van der Waals surface area contributed by atoms with Gasteiger partial charge in [0.25, 0.3) is 0 Å². The average molecular weight is 250 g/mol. The van der Waals surface area contributed by atoms with Crippen molar-refractivity contribution in [3.63, 3.8) is 0 Å². The summed E-state index contributed by atoms with van der Waals surface area (Å²) in [7, 11) is 0. The molecule has 7 heteroatoms. The number of nitrogens with one attached hydrogen (secondary N) is 1. The van der Waals surface area contributed by atoms with Crippen molar-refractivity contribution in [2.24, 2.45) is 0 Å². The predicted octanol–water partition coefficient (Wildman–Crippen LogP) is 1.61. The smallest absolute Gasteiger partial charge is 0.372 e. The number of hydrogen-bond donors (Lipinski definition) is 1. The first-order chi connectivity index (χ1) is 8.41. The van der Waals surface area contributed by atoms with Gasteiger partial charge in [-0.05, 0) is 20.8 Å². The van der Waals surface area contributed by atoms with E-state index in [-0.39, 0.29) is 17.4 Å². The Morgan fingerprint density at radius 3 is 2.78 bits per heavy atom. The van der Waals surface area contributed by atoms with E-state index in [1.54, 1.807) is 20.8 Å². The summed E-state index contributed by atoms with van der Waals surface area (Å²) in [4.78, 5) is 18.0. The van der Waals surface area contributed by atoms with Crippen molar-refractivity contribution in [2.45, 2.75) is 26.4 Å². The van der Waals surface area contributed by atoms with E-state index in [0.29, 0.717) is 6.54 Å². The Morgan fingerprint density at radius 1 is 1.61 bits per heavy atom. The van der Waals surface area contributed by atoms with E-state index in [4.69, 9.17) is 11.2 Å². The summed E-state index contributed by atoms with van der Waals surface area (Å²) < 4.78 is 5.36. The average Bonchev–Trinajstić information content (AvgIpc) is 2.28. The summed E-state index contributed by atoms with van der Waals surface area (Å²) in [5.41, 5.74) is -1.30. The van der Waals surface area contributed by atoms with E-state index in [9.17, 15) is 10.1 Å². The molecule has 1 heterocycles. The molecule has 0 aromatic carbocycles. The van der Waals surface area contributed by atoms with E-state index in [0.717, 1.165) is 0 Å². The SMILES string of the molecule is C#CC(C)(C)Oc1ncnc(NCC)c1[N+](=O)[O-]. The molecular formula is C11H14N4O3. The third-order valence-electron chi connectivity index (χ3n) is 2.01. The number of ether oxygens (including phenoxy) is 1. The fraction of sp³-hybridized carbons (Fsp3) is 0.455. The Bertz CT molecular complexity index is 494. The van der Waals surface area contributed by atoms with Crippen molar-refractivity contribution in [1.82, 2.24) is 9.97 Å². The lowest BCUT2D eigenvalue weighted by atomic mass is 10.1. The van der Waals surface area contributed by atoms with Crippen molar-refractivity contribution in [3.8, 4) is 18.2 Å². The first kappa shape index (κ1) is 13.7. The van der Waals surface area contributed by atoms with E-state index >= 15 is 0 Å². The minimum absolute atomic E-state index is 0.111. The van der Waals surface area contributed by atoms with Crippen molar-refractivity contribution in [2.75, 3.05) is 11.9 Å². The highest BCUT2D eigenvalue weighted by Gasteiger charge is 2.28. The second-order valence-corrected chi connectivity index (χ2v) is 3.92. The Hall–Kier alpha value is -2.36. The largest absolute Gasteiger partial charge is 0.453 e. The fourth-order valence-electron chi connectivity index (χ4n) is 1.17. The Kier molecular flexibility index (Phi) is 4.05. The second kappa shape index (κ2) is 5.31. The third kappa shape index (κ3) is 3.07. The molecule has 0 unspecified atom stereocenters. The number of rotatable bonds is 5. The lowest BCUT2D eigenvalue weighted by molar-refractivity contribution is -0.385. The highest BCUT2D eigenvalue weighted by Crippen LogP contribution is 2.32. The van der Waals surface area contributed by atoms with Crippen LogP contribution in [0.1, 0.15) is 20.8 Å². The van der Waals surface area contributed by atoms with Gasteiger partial charge in [-0.25, -0.2) is 4.98 Å². The highest BCUT2D eigenvalue weighted by atomic mass is 16.6. The number of aromatic nitrogens is 2. The van der Waals surface area contributed by atoms with Gasteiger partial charge in [0.15, 0.2) is 5.60 Å². The van der Waals surface area contributed by atoms with Gasteiger partial charge in [0.1, 0.15) is 6.33 Å². The molecule has 7 nitrogen and oxygen atoms in total. The molecule has 0 saturated carbocycles. The predicted molar refractivity (Wildman–Crippen MR) is 66.4 cm³/mol. The van der Waals surface area contributed by atoms with Gasteiger partial charge in [-0.1, -0.05) is 5.92 Å². The molecule has 0 saturated heterocycles. The van der Waals surface area contributed by atoms with Gasteiger partial charge in [0, 0.05) is 6.54 Å². The van der Waals surface area contributed by atoms with Crippen LogP contribution < -0.4 is 10.1 Å². The summed E-state index contributed by atoms with van der Waals surface area (Å²) in [5, 5.41) is 13.8.